The summed E-state index contributed by atoms with van der Waals surface area (Å²) in [5.41, 5.74) is 4.62. The second kappa shape index (κ2) is 2.81. The molecule has 0 saturated heterocycles. The van der Waals surface area contributed by atoms with E-state index in [-0.39, 0.29) is 15.4 Å². The molecule has 0 aliphatic carbocycles. The zero-order valence-electron chi connectivity index (χ0n) is 2.76. The van der Waals surface area contributed by atoms with Crippen molar-refractivity contribution in [1.82, 2.24) is 0 Å². The van der Waals surface area contributed by atoms with Gasteiger partial charge in [-0.1, -0.05) is 0 Å². The van der Waals surface area contributed by atoms with E-state index in [1.807, 2.05) is 0 Å². The van der Waals surface area contributed by atoms with Crippen LogP contribution in [-0.2, 0) is 0 Å². The Morgan fingerprint density at radius 3 is 1.50 bits per heavy atom. The summed E-state index contributed by atoms with van der Waals surface area (Å²) in [5.74, 6) is 0. The van der Waals surface area contributed by atoms with Gasteiger partial charge in [0.1, 0.15) is 0 Å². The fourth-order valence-electron chi connectivity index (χ4n) is 0. The average molecular weight is 279 g/mol. The Labute approximate surface area is 45.0 Å². The van der Waals surface area contributed by atoms with Crippen molar-refractivity contribution in [2.45, 2.75) is 0 Å². The van der Waals surface area contributed by atoms with Crippen LogP contribution in [0.4, 0.5) is 0 Å². The predicted octanol–water partition coefficient (Wildman–Crippen LogP) is -0.0610. The molecule has 0 atom stereocenters. The molecule has 0 nitrogen and oxygen atoms in total. The zero-order valence-corrected chi connectivity index (χ0v) is 7.07. The molecule has 0 aliphatic heterocycles. The summed E-state index contributed by atoms with van der Waals surface area (Å²) in [6, 6.07) is 0. The van der Waals surface area contributed by atoms with Gasteiger partial charge in [0.05, 0.1) is 0 Å². The van der Waals surface area contributed by atoms with Crippen molar-refractivity contribution in [2.75, 3.05) is 0 Å². The van der Waals surface area contributed by atoms with Crippen LogP contribution in [-0.4, -0.2) is 11.4 Å². The van der Waals surface area contributed by atoms with Gasteiger partial charge in [0, 0.05) is 0 Å². The summed E-state index contributed by atoms with van der Waals surface area (Å²) in [4.78, 5) is 0. The molecule has 0 amide bonds. The van der Waals surface area contributed by atoms with Crippen molar-refractivity contribution in [1.29, 1.82) is 0 Å². The summed E-state index contributed by atoms with van der Waals surface area (Å²) in [6.07, 6.45) is 0. The molecule has 0 heterocycles. The van der Waals surface area contributed by atoms with E-state index in [9.17, 15) is 0 Å². The van der Waals surface area contributed by atoms with Gasteiger partial charge in [0.2, 0.25) is 0 Å². The Morgan fingerprint density at radius 2 is 1.50 bits per heavy atom. The molecule has 0 N–H and O–H groups in total. The summed E-state index contributed by atoms with van der Waals surface area (Å²) < 4.78 is 0. The first-order valence-electron chi connectivity index (χ1n) is 0.899. The summed E-state index contributed by atoms with van der Waals surface area (Å²) in [5, 5.41) is 0. The van der Waals surface area contributed by atoms with Crippen LogP contribution < -0.4 is 0 Å². The third-order valence-corrected chi connectivity index (χ3v) is 0. The molecule has 0 radical (unpaired) electrons. The van der Waals surface area contributed by atoms with Crippen molar-refractivity contribution in [3.63, 3.8) is 0 Å². The van der Waals surface area contributed by atoms with E-state index in [2.05, 4.69) is 30.0 Å². The second-order valence-corrected chi connectivity index (χ2v) is 15.4. The monoisotopic (exact) mass is 280 g/mol. The van der Waals surface area contributed by atoms with Gasteiger partial charge in [-0.05, 0) is 0 Å². The van der Waals surface area contributed by atoms with Crippen LogP contribution in [0, 0.1) is 0 Å². The summed E-state index contributed by atoms with van der Waals surface area (Å²) in [6.45, 7) is 0. The molecule has 0 spiro atoms. The first-order chi connectivity index (χ1) is 1.73. The molecule has 0 aromatic carbocycles. The maximum absolute atomic E-state index is 2.50. The minimum atomic E-state index is -0.293. The molecule has 24 valence electrons. The predicted molar refractivity (Wildman–Crippen MR) is 45.1 cm³/mol. The molecule has 0 saturated carbocycles. The van der Waals surface area contributed by atoms with Crippen LogP contribution in [0.3, 0.4) is 0 Å². The summed E-state index contributed by atoms with van der Waals surface area (Å²) >= 11 is 2.21. The van der Waals surface area contributed by atoms with Gasteiger partial charge >= 0.3 is 45.4 Å². The second-order valence-electron chi connectivity index (χ2n) is 0.664. The van der Waals surface area contributed by atoms with Crippen LogP contribution in [0.25, 0.3) is 0 Å². The Hall–Kier alpha value is 1.59. The number of hydrogen-bond donors (Lipinski definition) is 0. The van der Waals surface area contributed by atoms with Crippen LogP contribution in [0.2, 0.25) is 0 Å². The van der Waals surface area contributed by atoms with Gasteiger partial charge in [-0.2, -0.15) is 0 Å². The van der Waals surface area contributed by atoms with Crippen LogP contribution >= 0.6 is 34.0 Å². The van der Waals surface area contributed by atoms with Gasteiger partial charge in [-0.25, -0.2) is 0 Å². The molecule has 0 unspecified atom stereocenters. The van der Waals surface area contributed by atoms with Crippen molar-refractivity contribution in [3.8, 4) is 0 Å². The van der Waals surface area contributed by atoms with E-state index in [4.69, 9.17) is 0 Å². The molecule has 0 aliphatic rings. The van der Waals surface area contributed by atoms with Gasteiger partial charge in [0.15, 0.2) is 0 Å². The number of rotatable bonds is 0. The maximum atomic E-state index is 2.50. The van der Waals surface area contributed by atoms with Crippen LogP contribution in [0.1, 0.15) is 0 Å². The topological polar surface area (TPSA) is 0 Å². The Morgan fingerprint density at radius 1 is 1.50 bits per heavy atom. The fourth-order valence-corrected chi connectivity index (χ4v) is 0. The Kier molecular flexibility index (Phi) is 3.92. The molecule has 0 rings (SSSR count). The third-order valence-electron chi connectivity index (χ3n) is 0. The first kappa shape index (κ1) is 5.59. The molecule has 0 aromatic heterocycles. The standard InChI is InChI=1S/B2H4I2/c1-4(2)3/h1-2H2. The van der Waals surface area contributed by atoms with Gasteiger partial charge in [0.25, 0.3) is 0 Å². The minimum absolute atomic E-state index is 0.293. The van der Waals surface area contributed by atoms with E-state index in [0.717, 1.165) is 0 Å². The van der Waals surface area contributed by atoms with E-state index in [0.29, 0.717) is 0 Å². The SMILES string of the molecule is BI(B)I. The average Bonchev–Trinajstić information content (AvgIpc) is 0.811. The molecule has 0 aromatic rings. The fraction of sp³-hybridized carbons (Fsp3) is 0. The number of hydrogen-bond acceptors (Lipinski definition) is 0. The van der Waals surface area contributed by atoms with Crippen molar-refractivity contribution in [3.05, 3.63) is 0 Å². The first-order valence-corrected chi connectivity index (χ1v) is 11.5. The van der Waals surface area contributed by atoms with Gasteiger partial charge in [-0.3, -0.25) is 0 Å². The van der Waals surface area contributed by atoms with E-state index in [1.165, 1.54) is 0 Å². The normalized spacial score (nSPS) is 10.8. The van der Waals surface area contributed by atoms with Crippen molar-refractivity contribution in [2.24, 2.45) is 0 Å². The van der Waals surface area contributed by atoms with Crippen molar-refractivity contribution >= 4 is 45.4 Å². The molecule has 0 fully saturated rings. The van der Waals surface area contributed by atoms with Gasteiger partial charge < -0.3 is 0 Å². The molecular formula is H4B2I2. The zero-order chi connectivity index (χ0) is 3.58. The van der Waals surface area contributed by atoms with Gasteiger partial charge in [-0.15, -0.1) is 0 Å². The van der Waals surface area contributed by atoms with E-state index in [1.54, 1.807) is 0 Å². The number of halogens is 2. The Balaban J connectivity index is 2.32. The third kappa shape index (κ3) is 9.53. The molecular weight excluding hydrogens is 275 g/mol. The van der Waals surface area contributed by atoms with Crippen LogP contribution in [0.15, 0.2) is 0 Å². The van der Waals surface area contributed by atoms with Crippen molar-refractivity contribution < 1.29 is 0 Å². The van der Waals surface area contributed by atoms with Crippen LogP contribution in [0.5, 0.6) is 0 Å². The quantitative estimate of drug-likeness (QED) is 0.430. The van der Waals surface area contributed by atoms with E-state index >= 15 is 0 Å². The molecule has 4 heavy (non-hydrogen) atoms. The molecule has 0 bridgehead atoms. The molecule has 4 heteroatoms. The summed E-state index contributed by atoms with van der Waals surface area (Å²) in [7, 11) is 0. The van der Waals surface area contributed by atoms with E-state index < -0.39 is 0 Å². The Bertz CT molecular complexity index is 8.75.